The number of nitrogens with one attached hydrogen (secondary N) is 1. The number of ketones is 1. The first-order valence-electron chi connectivity index (χ1n) is 10.9. The molecule has 0 unspecified atom stereocenters. The first-order valence-corrected chi connectivity index (χ1v) is 10.9. The van der Waals surface area contributed by atoms with Crippen molar-refractivity contribution in [1.82, 2.24) is 5.32 Å². The zero-order valence-corrected chi connectivity index (χ0v) is 18.6. The van der Waals surface area contributed by atoms with Crippen molar-refractivity contribution in [2.75, 3.05) is 0 Å². The molecule has 1 aromatic carbocycles. The van der Waals surface area contributed by atoms with Crippen LogP contribution in [0, 0.1) is 17.8 Å². The van der Waals surface area contributed by atoms with Crippen LogP contribution in [0.1, 0.15) is 39.7 Å². The lowest BCUT2D eigenvalue weighted by atomic mass is 9.63. The maximum Gasteiger partial charge on any atom is 0.253 e. The second-order valence-corrected chi connectivity index (χ2v) is 9.11. The fourth-order valence-electron chi connectivity index (χ4n) is 5.05. The van der Waals surface area contributed by atoms with Gasteiger partial charge in [0.25, 0.3) is 5.91 Å². The molecule has 3 rings (SSSR count). The molecule has 1 amide bonds. The Bertz CT molecular complexity index is 892. The third kappa shape index (κ3) is 4.25. The minimum atomic E-state index is -1.76. The molecule has 0 spiro atoms. The number of amides is 1. The molecular weight excluding hydrogens is 394 g/mol. The molecule has 1 aromatic rings. The molecule has 6 heteroatoms. The normalized spacial score (nSPS) is 32.7. The molecule has 0 bridgehead atoms. The Morgan fingerprint density at radius 2 is 1.87 bits per heavy atom. The predicted molar refractivity (Wildman–Crippen MR) is 118 cm³/mol. The highest BCUT2D eigenvalue weighted by Crippen LogP contribution is 2.48. The molecule has 1 aliphatic heterocycles. The minimum absolute atomic E-state index is 0.281. The molecule has 168 valence electrons. The van der Waals surface area contributed by atoms with Crippen molar-refractivity contribution in [1.29, 1.82) is 0 Å². The van der Waals surface area contributed by atoms with E-state index in [2.05, 4.69) is 5.32 Å². The Kier molecular flexibility index (Phi) is 6.84. The van der Waals surface area contributed by atoms with Crippen molar-refractivity contribution in [2.24, 2.45) is 17.8 Å². The van der Waals surface area contributed by atoms with Crippen molar-refractivity contribution >= 4 is 11.7 Å². The van der Waals surface area contributed by atoms with Gasteiger partial charge in [0.05, 0.1) is 6.10 Å². The van der Waals surface area contributed by atoms with Crippen LogP contribution in [-0.4, -0.2) is 50.9 Å². The van der Waals surface area contributed by atoms with E-state index in [4.69, 9.17) is 0 Å². The van der Waals surface area contributed by atoms with Crippen LogP contribution in [-0.2, 0) is 16.0 Å². The van der Waals surface area contributed by atoms with Crippen LogP contribution < -0.4 is 5.32 Å². The van der Waals surface area contributed by atoms with Gasteiger partial charge in [0.15, 0.2) is 11.4 Å². The summed E-state index contributed by atoms with van der Waals surface area (Å²) in [6.07, 6.45) is 2.32. The molecule has 4 N–H and O–H groups in total. The van der Waals surface area contributed by atoms with Gasteiger partial charge in [-0.25, -0.2) is 0 Å². The summed E-state index contributed by atoms with van der Waals surface area (Å²) in [4.78, 5) is 24.4. The van der Waals surface area contributed by atoms with Crippen LogP contribution in [0.4, 0.5) is 0 Å². The maximum atomic E-state index is 13.0. The fourth-order valence-corrected chi connectivity index (χ4v) is 5.05. The molecule has 0 radical (unpaired) electrons. The van der Waals surface area contributed by atoms with Crippen molar-refractivity contribution in [2.45, 2.75) is 64.4 Å². The molecule has 1 aliphatic carbocycles. The molecular formula is C25H33NO5. The monoisotopic (exact) mass is 427 g/mol. The van der Waals surface area contributed by atoms with E-state index in [0.717, 1.165) is 16.7 Å². The molecule has 1 heterocycles. The lowest BCUT2D eigenvalue weighted by molar-refractivity contribution is -0.147. The third-order valence-corrected chi connectivity index (χ3v) is 7.04. The standard InChI is InChI=1S/C25H33NO5/c1-14(22(28)17(4)27)9-8-12-19-23(29)16(3)15(2)21-20(26-24(30)25(19,21)31)13-18-10-6-5-7-11-18/h5-8,10-12,14,19-23,28-29,31H,9,13H2,1-4H3,(H,26,30)/b12-8+/t14-,19-,20-,21-,22-,23+,25+/m0/s1. The number of hydrogen-bond donors (Lipinski definition) is 4. The van der Waals surface area contributed by atoms with Gasteiger partial charge in [-0.05, 0) is 50.7 Å². The molecule has 1 saturated heterocycles. The van der Waals surface area contributed by atoms with Crippen LogP contribution >= 0.6 is 0 Å². The highest BCUT2D eigenvalue weighted by molar-refractivity contribution is 5.90. The average molecular weight is 428 g/mol. The van der Waals surface area contributed by atoms with Crippen LogP contribution in [0.15, 0.2) is 53.6 Å². The summed E-state index contributed by atoms with van der Waals surface area (Å²) in [6.45, 7) is 6.82. The smallest absolute Gasteiger partial charge is 0.253 e. The van der Waals surface area contributed by atoms with Crippen molar-refractivity contribution in [3.63, 3.8) is 0 Å². The lowest BCUT2D eigenvalue weighted by Crippen LogP contribution is -2.56. The van der Waals surface area contributed by atoms with Gasteiger partial charge in [-0.1, -0.05) is 55.0 Å². The van der Waals surface area contributed by atoms with Crippen molar-refractivity contribution in [3.05, 3.63) is 59.2 Å². The number of aliphatic hydroxyl groups excluding tert-OH is 2. The Balaban J connectivity index is 1.89. The number of carbonyl (C=O) groups is 2. The highest BCUT2D eigenvalue weighted by atomic mass is 16.3. The summed E-state index contributed by atoms with van der Waals surface area (Å²) in [5.41, 5.74) is 0.893. The van der Waals surface area contributed by atoms with Crippen LogP contribution in [0.25, 0.3) is 0 Å². The van der Waals surface area contributed by atoms with E-state index in [0.29, 0.717) is 12.8 Å². The molecule has 1 fully saturated rings. The molecule has 2 aliphatic rings. The van der Waals surface area contributed by atoms with E-state index in [-0.39, 0.29) is 17.7 Å². The van der Waals surface area contributed by atoms with E-state index in [1.165, 1.54) is 6.92 Å². The van der Waals surface area contributed by atoms with Crippen molar-refractivity contribution in [3.8, 4) is 0 Å². The SMILES string of the molecule is CC(=O)[C@@H](O)[C@@H](C)C/C=C/[C@H]1[C@H](O)C(C)=C(C)[C@H]2[C@H](Cc3ccccc3)NC(=O)[C@@]12O. The lowest BCUT2D eigenvalue weighted by Gasteiger charge is -2.43. The maximum absolute atomic E-state index is 13.0. The van der Waals surface area contributed by atoms with Crippen molar-refractivity contribution < 1.29 is 24.9 Å². The molecule has 0 aromatic heterocycles. The van der Waals surface area contributed by atoms with Gasteiger partial charge in [0.1, 0.15) is 6.10 Å². The highest BCUT2D eigenvalue weighted by Gasteiger charge is 2.62. The van der Waals surface area contributed by atoms with Gasteiger partial charge in [-0.2, -0.15) is 0 Å². The summed E-state index contributed by atoms with van der Waals surface area (Å²) in [6, 6.07) is 9.53. The number of allylic oxidation sites excluding steroid dienone is 1. The Morgan fingerprint density at radius 3 is 2.48 bits per heavy atom. The zero-order valence-electron chi connectivity index (χ0n) is 18.6. The third-order valence-electron chi connectivity index (χ3n) is 7.04. The number of hydrogen-bond acceptors (Lipinski definition) is 5. The van der Waals surface area contributed by atoms with E-state index < -0.39 is 35.6 Å². The van der Waals surface area contributed by atoms with E-state index >= 15 is 0 Å². The van der Waals surface area contributed by atoms with E-state index in [1.807, 2.05) is 44.2 Å². The fraction of sp³-hybridized carbons (Fsp3) is 0.520. The predicted octanol–water partition coefficient (Wildman–Crippen LogP) is 1.93. The quantitative estimate of drug-likeness (QED) is 0.498. The summed E-state index contributed by atoms with van der Waals surface area (Å²) < 4.78 is 0. The Hall–Kier alpha value is -2.28. The van der Waals surface area contributed by atoms with Gasteiger partial charge in [-0.15, -0.1) is 0 Å². The van der Waals surface area contributed by atoms with Crippen LogP contribution in [0.5, 0.6) is 0 Å². The number of carbonyl (C=O) groups excluding carboxylic acids is 2. The number of fused-ring (bicyclic) bond motifs is 1. The molecule has 0 saturated carbocycles. The van der Waals surface area contributed by atoms with Crippen LogP contribution in [0.2, 0.25) is 0 Å². The van der Waals surface area contributed by atoms with Gasteiger partial charge >= 0.3 is 0 Å². The number of Topliss-reactive ketones (excluding diaryl/α,β-unsaturated/α-hetero) is 1. The summed E-state index contributed by atoms with van der Waals surface area (Å²) in [5.74, 6) is -2.36. The Morgan fingerprint density at radius 1 is 1.23 bits per heavy atom. The van der Waals surface area contributed by atoms with E-state index in [1.54, 1.807) is 19.1 Å². The van der Waals surface area contributed by atoms with Gasteiger partial charge in [-0.3, -0.25) is 9.59 Å². The molecule has 6 nitrogen and oxygen atoms in total. The van der Waals surface area contributed by atoms with Gasteiger partial charge < -0.3 is 20.6 Å². The second kappa shape index (κ2) is 9.07. The van der Waals surface area contributed by atoms with Gasteiger partial charge in [0, 0.05) is 17.9 Å². The number of aliphatic hydroxyl groups is 3. The molecule has 31 heavy (non-hydrogen) atoms. The summed E-state index contributed by atoms with van der Waals surface area (Å²) in [7, 11) is 0. The second-order valence-electron chi connectivity index (χ2n) is 9.11. The Labute approximate surface area is 183 Å². The zero-order chi connectivity index (χ0) is 22.9. The molecule has 7 atom stereocenters. The van der Waals surface area contributed by atoms with Gasteiger partial charge in [0.2, 0.25) is 0 Å². The number of rotatable bonds is 7. The minimum Gasteiger partial charge on any atom is -0.388 e. The van der Waals surface area contributed by atoms with E-state index in [9.17, 15) is 24.9 Å². The summed E-state index contributed by atoms with van der Waals surface area (Å²) in [5, 5.41) is 35.5. The first-order chi connectivity index (χ1) is 14.6. The largest absolute Gasteiger partial charge is 0.388 e. The first kappa shape index (κ1) is 23.4. The number of benzene rings is 1. The topological polar surface area (TPSA) is 107 Å². The average Bonchev–Trinajstić information content (AvgIpc) is 2.99. The van der Waals surface area contributed by atoms with Crippen LogP contribution in [0.3, 0.4) is 0 Å². The summed E-state index contributed by atoms with van der Waals surface area (Å²) >= 11 is 0.